The average molecular weight is 192 g/mol. The third-order valence-corrected chi connectivity index (χ3v) is 2.79. The molecule has 1 aromatic carbocycles. The lowest BCUT2D eigenvalue weighted by Crippen LogP contribution is -2.22. The molecule has 0 saturated carbocycles. The van der Waals surface area contributed by atoms with Crippen LogP contribution in [-0.2, 0) is 6.42 Å². The van der Waals surface area contributed by atoms with E-state index >= 15 is 0 Å². The van der Waals surface area contributed by atoms with Gasteiger partial charge in [0, 0.05) is 0 Å². The molecule has 0 amide bonds. The summed E-state index contributed by atoms with van der Waals surface area (Å²) >= 11 is 0. The van der Waals surface area contributed by atoms with Gasteiger partial charge in [-0.3, -0.25) is 0 Å². The Morgan fingerprint density at radius 2 is 1.86 bits per heavy atom. The van der Waals surface area contributed by atoms with Gasteiger partial charge in [-0.25, -0.2) is 0 Å². The molecule has 0 aromatic heterocycles. The molecule has 0 fully saturated rings. The Hall–Kier alpha value is -0.820. The SMILES string of the molecule is CC[C@](C)(O)CCCc1ccccc1. The molecular weight excluding hydrogens is 172 g/mol. The number of rotatable bonds is 5. The van der Waals surface area contributed by atoms with Crippen molar-refractivity contribution in [3.05, 3.63) is 35.9 Å². The summed E-state index contributed by atoms with van der Waals surface area (Å²) in [7, 11) is 0. The maximum absolute atomic E-state index is 9.80. The third-order valence-electron chi connectivity index (χ3n) is 2.79. The van der Waals surface area contributed by atoms with Gasteiger partial charge in [0.1, 0.15) is 0 Å². The zero-order valence-electron chi connectivity index (χ0n) is 9.16. The van der Waals surface area contributed by atoms with Crippen molar-refractivity contribution in [1.29, 1.82) is 0 Å². The first kappa shape index (κ1) is 11.3. The topological polar surface area (TPSA) is 20.2 Å². The van der Waals surface area contributed by atoms with E-state index < -0.39 is 5.60 Å². The van der Waals surface area contributed by atoms with Crippen LogP contribution in [-0.4, -0.2) is 10.7 Å². The van der Waals surface area contributed by atoms with Gasteiger partial charge in [0.25, 0.3) is 0 Å². The van der Waals surface area contributed by atoms with Gasteiger partial charge in [-0.1, -0.05) is 37.3 Å². The van der Waals surface area contributed by atoms with E-state index in [1.807, 2.05) is 19.9 Å². The fraction of sp³-hybridized carbons (Fsp3) is 0.538. The number of hydrogen-bond donors (Lipinski definition) is 1. The van der Waals surface area contributed by atoms with Crippen molar-refractivity contribution in [1.82, 2.24) is 0 Å². The van der Waals surface area contributed by atoms with Crippen molar-refractivity contribution in [2.75, 3.05) is 0 Å². The van der Waals surface area contributed by atoms with E-state index in [1.165, 1.54) is 5.56 Å². The molecule has 0 heterocycles. The number of aliphatic hydroxyl groups is 1. The molecule has 1 nitrogen and oxygen atoms in total. The van der Waals surface area contributed by atoms with Crippen molar-refractivity contribution in [2.45, 2.75) is 45.1 Å². The van der Waals surface area contributed by atoms with Crippen LogP contribution >= 0.6 is 0 Å². The Kier molecular flexibility index (Phi) is 4.15. The zero-order valence-corrected chi connectivity index (χ0v) is 9.16. The fourth-order valence-electron chi connectivity index (χ4n) is 1.49. The smallest absolute Gasteiger partial charge is 0.0617 e. The highest BCUT2D eigenvalue weighted by atomic mass is 16.3. The van der Waals surface area contributed by atoms with E-state index in [-0.39, 0.29) is 0 Å². The minimum atomic E-state index is -0.477. The number of benzene rings is 1. The van der Waals surface area contributed by atoms with Gasteiger partial charge in [-0.05, 0) is 38.2 Å². The van der Waals surface area contributed by atoms with E-state index in [4.69, 9.17) is 0 Å². The monoisotopic (exact) mass is 192 g/mol. The van der Waals surface area contributed by atoms with Gasteiger partial charge < -0.3 is 5.11 Å². The van der Waals surface area contributed by atoms with Gasteiger partial charge in [0.05, 0.1) is 5.60 Å². The van der Waals surface area contributed by atoms with E-state index in [0.717, 1.165) is 25.7 Å². The first-order valence-electron chi connectivity index (χ1n) is 5.40. The first-order valence-corrected chi connectivity index (χ1v) is 5.40. The zero-order chi connectivity index (χ0) is 10.4. The molecule has 0 saturated heterocycles. The molecule has 1 aromatic rings. The summed E-state index contributed by atoms with van der Waals surface area (Å²) in [5, 5.41) is 9.80. The summed E-state index contributed by atoms with van der Waals surface area (Å²) in [5.41, 5.74) is 0.883. The van der Waals surface area contributed by atoms with Crippen LogP contribution in [0.15, 0.2) is 30.3 Å². The largest absolute Gasteiger partial charge is 0.390 e. The highest BCUT2D eigenvalue weighted by Gasteiger charge is 2.16. The predicted octanol–water partition coefficient (Wildman–Crippen LogP) is 3.17. The molecule has 0 bridgehead atoms. The molecule has 0 aliphatic carbocycles. The van der Waals surface area contributed by atoms with Gasteiger partial charge >= 0.3 is 0 Å². The maximum Gasteiger partial charge on any atom is 0.0617 e. The Balaban J connectivity index is 2.29. The molecule has 1 atom stereocenters. The van der Waals surface area contributed by atoms with Crippen LogP contribution in [0.2, 0.25) is 0 Å². The van der Waals surface area contributed by atoms with E-state index in [9.17, 15) is 5.11 Å². The summed E-state index contributed by atoms with van der Waals surface area (Å²) in [6.45, 7) is 3.94. The Morgan fingerprint density at radius 3 is 2.43 bits per heavy atom. The Bertz CT molecular complexity index is 251. The first-order chi connectivity index (χ1) is 6.64. The summed E-state index contributed by atoms with van der Waals surface area (Å²) in [6, 6.07) is 10.4. The quantitative estimate of drug-likeness (QED) is 0.759. The Morgan fingerprint density at radius 1 is 1.21 bits per heavy atom. The van der Waals surface area contributed by atoms with Crippen LogP contribution in [0, 0.1) is 0 Å². The second-order valence-corrected chi connectivity index (χ2v) is 4.19. The molecule has 0 unspecified atom stereocenters. The summed E-state index contributed by atoms with van der Waals surface area (Å²) in [5.74, 6) is 0. The second-order valence-electron chi connectivity index (χ2n) is 4.19. The minimum Gasteiger partial charge on any atom is -0.390 e. The standard InChI is InChI=1S/C13H20O/c1-3-13(2,14)11-7-10-12-8-5-4-6-9-12/h4-6,8-9,14H,3,7,10-11H2,1-2H3/t13-/m0/s1. The van der Waals surface area contributed by atoms with Crippen LogP contribution in [0.25, 0.3) is 0 Å². The van der Waals surface area contributed by atoms with Crippen molar-refractivity contribution in [2.24, 2.45) is 0 Å². The Labute approximate surface area is 86.8 Å². The molecule has 0 aliphatic rings. The van der Waals surface area contributed by atoms with Gasteiger partial charge in [0.15, 0.2) is 0 Å². The van der Waals surface area contributed by atoms with Crippen molar-refractivity contribution < 1.29 is 5.11 Å². The highest BCUT2D eigenvalue weighted by molar-refractivity contribution is 5.14. The van der Waals surface area contributed by atoms with Crippen LogP contribution in [0.5, 0.6) is 0 Å². The molecule has 1 heteroatoms. The highest BCUT2D eigenvalue weighted by Crippen LogP contribution is 2.17. The fourth-order valence-corrected chi connectivity index (χ4v) is 1.49. The summed E-state index contributed by atoms with van der Waals surface area (Å²) in [6.07, 6.45) is 3.85. The van der Waals surface area contributed by atoms with Crippen molar-refractivity contribution in [3.63, 3.8) is 0 Å². The predicted molar refractivity (Wildman–Crippen MR) is 60.3 cm³/mol. The van der Waals surface area contributed by atoms with E-state index in [0.29, 0.717) is 0 Å². The lowest BCUT2D eigenvalue weighted by Gasteiger charge is -2.20. The van der Waals surface area contributed by atoms with E-state index in [1.54, 1.807) is 0 Å². The summed E-state index contributed by atoms with van der Waals surface area (Å²) < 4.78 is 0. The van der Waals surface area contributed by atoms with Crippen LogP contribution in [0.1, 0.15) is 38.7 Å². The maximum atomic E-state index is 9.80. The van der Waals surface area contributed by atoms with Crippen LogP contribution in [0.4, 0.5) is 0 Å². The molecule has 1 N–H and O–H groups in total. The molecule has 0 aliphatic heterocycles. The second kappa shape index (κ2) is 5.16. The molecule has 0 radical (unpaired) electrons. The van der Waals surface area contributed by atoms with Crippen molar-refractivity contribution >= 4 is 0 Å². The molecule has 14 heavy (non-hydrogen) atoms. The van der Waals surface area contributed by atoms with E-state index in [2.05, 4.69) is 24.3 Å². The molecular formula is C13H20O. The molecule has 78 valence electrons. The van der Waals surface area contributed by atoms with Gasteiger partial charge in [-0.15, -0.1) is 0 Å². The summed E-state index contributed by atoms with van der Waals surface area (Å²) in [4.78, 5) is 0. The van der Waals surface area contributed by atoms with Gasteiger partial charge in [0.2, 0.25) is 0 Å². The lowest BCUT2D eigenvalue weighted by atomic mass is 9.95. The van der Waals surface area contributed by atoms with Crippen LogP contribution < -0.4 is 0 Å². The molecule has 1 rings (SSSR count). The number of aryl methyl sites for hydroxylation is 1. The van der Waals surface area contributed by atoms with Gasteiger partial charge in [-0.2, -0.15) is 0 Å². The minimum absolute atomic E-state index is 0.477. The average Bonchev–Trinajstić information content (AvgIpc) is 2.19. The van der Waals surface area contributed by atoms with Crippen molar-refractivity contribution in [3.8, 4) is 0 Å². The third kappa shape index (κ3) is 3.93. The lowest BCUT2D eigenvalue weighted by molar-refractivity contribution is 0.0450. The van der Waals surface area contributed by atoms with Crippen LogP contribution in [0.3, 0.4) is 0 Å². The normalized spacial score (nSPS) is 15.1. The number of hydrogen-bond acceptors (Lipinski definition) is 1. The molecule has 0 spiro atoms.